The van der Waals surface area contributed by atoms with E-state index in [1.165, 1.54) is 5.56 Å². The number of benzene rings is 2. The van der Waals surface area contributed by atoms with Crippen molar-refractivity contribution < 1.29 is 9.53 Å². The monoisotopic (exact) mass is 400 g/mol. The van der Waals surface area contributed by atoms with E-state index < -0.39 is 5.60 Å². The molecule has 1 amide bonds. The molecule has 0 saturated carbocycles. The van der Waals surface area contributed by atoms with Gasteiger partial charge in [-0.2, -0.15) is 0 Å². The molecule has 0 bridgehead atoms. The maximum Gasteiger partial charge on any atom is 0.263 e. The molecule has 0 aliphatic heterocycles. The van der Waals surface area contributed by atoms with E-state index in [1.807, 2.05) is 17.5 Å². The van der Waals surface area contributed by atoms with Crippen LogP contribution in [0.5, 0.6) is 5.75 Å². The second-order valence-electron chi connectivity index (χ2n) is 6.71. The maximum absolute atomic E-state index is 12.6. The molecule has 1 N–H and O–H groups in total. The van der Waals surface area contributed by atoms with Crippen molar-refractivity contribution in [2.24, 2.45) is 0 Å². The summed E-state index contributed by atoms with van der Waals surface area (Å²) in [7, 11) is 0. The number of aryl methyl sites for hydroxylation is 1. The largest absolute Gasteiger partial charge is 0.478 e. The van der Waals surface area contributed by atoms with Gasteiger partial charge in [-0.15, -0.1) is 11.3 Å². The second kappa shape index (κ2) is 8.11. The molecule has 27 heavy (non-hydrogen) atoms. The van der Waals surface area contributed by atoms with Gasteiger partial charge in [0, 0.05) is 16.0 Å². The van der Waals surface area contributed by atoms with E-state index >= 15 is 0 Å². The van der Waals surface area contributed by atoms with Crippen LogP contribution in [0.3, 0.4) is 0 Å². The van der Waals surface area contributed by atoms with Gasteiger partial charge < -0.3 is 10.1 Å². The van der Waals surface area contributed by atoms with Crippen molar-refractivity contribution in [3.05, 3.63) is 70.2 Å². The lowest BCUT2D eigenvalue weighted by Gasteiger charge is -2.25. The van der Waals surface area contributed by atoms with Gasteiger partial charge in [0.25, 0.3) is 5.91 Å². The van der Waals surface area contributed by atoms with Crippen molar-refractivity contribution >= 4 is 28.8 Å². The number of amides is 1. The number of nitrogens with zero attached hydrogens (tertiary/aromatic N) is 1. The highest BCUT2D eigenvalue weighted by Crippen LogP contribution is 2.26. The molecule has 0 fully saturated rings. The highest BCUT2D eigenvalue weighted by Gasteiger charge is 2.29. The zero-order valence-corrected chi connectivity index (χ0v) is 17.0. The summed E-state index contributed by atoms with van der Waals surface area (Å²) in [4.78, 5) is 17.2. The van der Waals surface area contributed by atoms with Gasteiger partial charge in [-0.1, -0.05) is 35.9 Å². The molecule has 0 unspecified atom stereocenters. The quantitative estimate of drug-likeness (QED) is 0.615. The average molecular weight is 401 g/mol. The SMILES string of the molecule is Cc1ccccc1-c1nc(CNC(=O)C(C)(C)Oc2ccc(Cl)cc2)cs1. The number of thiazole rings is 1. The molecule has 140 valence electrons. The Kier molecular flexibility index (Phi) is 5.82. The minimum absolute atomic E-state index is 0.206. The number of aromatic nitrogens is 1. The Morgan fingerprint density at radius 3 is 2.59 bits per heavy atom. The van der Waals surface area contributed by atoms with E-state index in [-0.39, 0.29) is 5.91 Å². The predicted molar refractivity (Wildman–Crippen MR) is 110 cm³/mol. The Morgan fingerprint density at radius 1 is 1.19 bits per heavy atom. The number of rotatable bonds is 6. The van der Waals surface area contributed by atoms with Gasteiger partial charge in [-0.3, -0.25) is 4.79 Å². The first-order valence-electron chi connectivity index (χ1n) is 8.58. The average Bonchev–Trinajstić information content (AvgIpc) is 3.10. The van der Waals surface area contributed by atoms with Crippen LogP contribution in [0.4, 0.5) is 0 Å². The Bertz CT molecular complexity index is 935. The Hall–Kier alpha value is -2.37. The fourth-order valence-electron chi connectivity index (χ4n) is 2.55. The van der Waals surface area contributed by atoms with Crippen LogP contribution in [0, 0.1) is 6.92 Å². The molecule has 1 aromatic heterocycles. The third kappa shape index (κ3) is 4.87. The van der Waals surface area contributed by atoms with E-state index in [9.17, 15) is 4.79 Å². The van der Waals surface area contributed by atoms with Crippen molar-refractivity contribution in [3.8, 4) is 16.3 Å². The molecule has 3 rings (SSSR count). The zero-order chi connectivity index (χ0) is 19.4. The van der Waals surface area contributed by atoms with Crippen molar-refractivity contribution in [2.45, 2.75) is 32.9 Å². The van der Waals surface area contributed by atoms with Gasteiger partial charge in [0.1, 0.15) is 10.8 Å². The van der Waals surface area contributed by atoms with Gasteiger partial charge in [-0.05, 0) is 50.6 Å². The molecule has 0 atom stereocenters. The highest BCUT2D eigenvalue weighted by molar-refractivity contribution is 7.13. The lowest BCUT2D eigenvalue weighted by molar-refractivity contribution is -0.134. The molecule has 2 aromatic carbocycles. The highest BCUT2D eigenvalue weighted by atomic mass is 35.5. The van der Waals surface area contributed by atoms with E-state index in [2.05, 4.69) is 29.4 Å². The number of carbonyl (C=O) groups is 1. The number of nitrogens with one attached hydrogen (secondary N) is 1. The van der Waals surface area contributed by atoms with Crippen LogP contribution in [-0.2, 0) is 11.3 Å². The van der Waals surface area contributed by atoms with Crippen molar-refractivity contribution in [3.63, 3.8) is 0 Å². The third-order valence-electron chi connectivity index (χ3n) is 4.09. The topological polar surface area (TPSA) is 51.2 Å². The van der Waals surface area contributed by atoms with E-state index in [1.54, 1.807) is 49.4 Å². The summed E-state index contributed by atoms with van der Waals surface area (Å²) in [5, 5.41) is 6.45. The first kappa shape index (κ1) is 19.4. The first-order valence-corrected chi connectivity index (χ1v) is 9.84. The van der Waals surface area contributed by atoms with Crippen LogP contribution in [-0.4, -0.2) is 16.5 Å². The van der Waals surface area contributed by atoms with Crippen LogP contribution in [0.25, 0.3) is 10.6 Å². The van der Waals surface area contributed by atoms with Gasteiger partial charge >= 0.3 is 0 Å². The van der Waals surface area contributed by atoms with E-state index in [4.69, 9.17) is 16.3 Å². The van der Waals surface area contributed by atoms with Crippen molar-refractivity contribution in [1.29, 1.82) is 0 Å². The summed E-state index contributed by atoms with van der Waals surface area (Å²) in [6.45, 7) is 5.89. The van der Waals surface area contributed by atoms with Gasteiger partial charge in [-0.25, -0.2) is 4.98 Å². The minimum atomic E-state index is -1.01. The van der Waals surface area contributed by atoms with E-state index in [0.29, 0.717) is 17.3 Å². The predicted octanol–water partition coefficient (Wildman–Crippen LogP) is 5.25. The smallest absolute Gasteiger partial charge is 0.263 e. The van der Waals surface area contributed by atoms with Crippen molar-refractivity contribution in [1.82, 2.24) is 10.3 Å². The van der Waals surface area contributed by atoms with Crippen LogP contribution in [0.15, 0.2) is 53.9 Å². The molecule has 4 nitrogen and oxygen atoms in total. The Morgan fingerprint density at radius 2 is 1.89 bits per heavy atom. The van der Waals surface area contributed by atoms with Gasteiger partial charge in [0.2, 0.25) is 0 Å². The lowest BCUT2D eigenvalue weighted by atomic mass is 10.1. The van der Waals surface area contributed by atoms with E-state index in [0.717, 1.165) is 16.3 Å². The lowest BCUT2D eigenvalue weighted by Crippen LogP contribution is -2.46. The van der Waals surface area contributed by atoms with Crippen LogP contribution in [0.2, 0.25) is 5.02 Å². The normalized spacial score (nSPS) is 11.3. The molecular weight excluding hydrogens is 380 g/mol. The molecule has 6 heteroatoms. The number of carbonyl (C=O) groups excluding carboxylic acids is 1. The summed E-state index contributed by atoms with van der Waals surface area (Å²) in [5.74, 6) is 0.387. The number of hydrogen-bond acceptors (Lipinski definition) is 4. The minimum Gasteiger partial charge on any atom is -0.478 e. The molecular formula is C21H21ClN2O2S. The fourth-order valence-corrected chi connectivity index (χ4v) is 3.59. The Labute approximate surface area is 168 Å². The van der Waals surface area contributed by atoms with Gasteiger partial charge in [0.15, 0.2) is 5.60 Å². The molecule has 0 aliphatic rings. The molecule has 3 aromatic rings. The molecule has 0 aliphatic carbocycles. The van der Waals surface area contributed by atoms with Crippen LogP contribution in [0.1, 0.15) is 25.1 Å². The van der Waals surface area contributed by atoms with Crippen molar-refractivity contribution in [2.75, 3.05) is 0 Å². The first-order chi connectivity index (χ1) is 12.8. The third-order valence-corrected chi connectivity index (χ3v) is 5.27. The van der Waals surface area contributed by atoms with Gasteiger partial charge in [0.05, 0.1) is 12.2 Å². The Balaban J connectivity index is 1.61. The molecule has 0 spiro atoms. The standard InChI is InChI=1S/C21H21ClN2O2S/c1-14-6-4-5-7-18(14)19-24-16(13-27-19)12-23-20(25)21(2,3)26-17-10-8-15(22)9-11-17/h4-11,13H,12H2,1-3H3,(H,23,25). The summed E-state index contributed by atoms with van der Waals surface area (Å²) in [6.07, 6.45) is 0. The molecule has 1 heterocycles. The molecule has 0 radical (unpaired) electrons. The number of ether oxygens (including phenoxy) is 1. The fraction of sp³-hybridized carbons (Fsp3) is 0.238. The number of hydrogen-bond donors (Lipinski definition) is 1. The molecule has 0 saturated heterocycles. The maximum atomic E-state index is 12.6. The number of halogens is 1. The van der Waals surface area contributed by atoms with Crippen LogP contribution < -0.4 is 10.1 Å². The summed E-state index contributed by atoms with van der Waals surface area (Å²) < 4.78 is 5.81. The zero-order valence-electron chi connectivity index (χ0n) is 15.5. The summed E-state index contributed by atoms with van der Waals surface area (Å²) in [5.41, 5.74) is 2.11. The van der Waals surface area contributed by atoms with Crippen LogP contribution >= 0.6 is 22.9 Å². The summed E-state index contributed by atoms with van der Waals surface area (Å²) >= 11 is 7.45. The summed E-state index contributed by atoms with van der Waals surface area (Å²) in [6, 6.07) is 15.1. The second-order valence-corrected chi connectivity index (χ2v) is 8.00.